The van der Waals surface area contributed by atoms with Crippen LogP contribution in [0.4, 0.5) is 13.2 Å². The second kappa shape index (κ2) is 11.9. The molecule has 2 aliphatic heterocycles. The number of rotatable bonds is 7. The summed E-state index contributed by atoms with van der Waals surface area (Å²) in [7, 11) is 1.86. The molecule has 2 aromatic carbocycles. The SMILES string of the molecule is Cn1nnc2c1CCC(CNC(=O)C1CC(Cc3ccc(C(F)(F)F)cc3)CN1C(=O)C1CC(c3ccccc3)CN1)=C2. The predicted octanol–water partition coefficient (Wildman–Crippen LogP) is 3.89. The molecule has 3 aromatic rings. The first-order valence-corrected chi connectivity index (χ1v) is 14.8. The lowest BCUT2D eigenvalue weighted by molar-refractivity contribution is -0.139. The van der Waals surface area contributed by atoms with Gasteiger partial charge in [0.15, 0.2) is 0 Å². The van der Waals surface area contributed by atoms with Gasteiger partial charge in [-0.1, -0.05) is 47.7 Å². The van der Waals surface area contributed by atoms with Crippen LogP contribution in [0.5, 0.6) is 0 Å². The summed E-state index contributed by atoms with van der Waals surface area (Å²) in [6.45, 7) is 1.41. The Labute approximate surface area is 248 Å². The molecule has 4 unspecified atom stereocenters. The van der Waals surface area contributed by atoms with Gasteiger partial charge < -0.3 is 15.5 Å². The van der Waals surface area contributed by atoms with Gasteiger partial charge in [0, 0.05) is 26.7 Å². The molecule has 0 spiro atoms. The molecule has 1 aromatic heterocycles. The molecule has 3 heterocycles. The Balaban J connectivity index is 1.15. The summed E-state index contributed by atoms with van der Waals surface area (Å²) in [4.78, 5) is 29.1. The molecule has 3 aliphatic rings. The van der Waals surface area contributed by atoms with Crippen molar-refractivity contribution in [2.24, 2.45) is 13.0 Å². The third kappa shape index (κ3) is 6.36. The largest absolute Gasteiger partial charge is 0.416 e. The number of carbonyl (C=O) groups is 2. The van der Waals surface area contributed by atoms with E-state index >= 15 is 0 Å². The molecule has 0 saturated carbocycles. The fraction of sp³-hybridized carbons (Fsp3) is 0.438. The molecule has 8 nitrogen and oxygen atoms in total. The molecule has 43 heavy (non-hydrogen) atoms. The lowest BCUT2D eigenvalue weighted by Crippen LogP contribution is -2.51. The highest BCUT2D eigenvalue weighted by atomic mass is 19.4. The molecular weight excluding hydrogens is 557 g/mol. The van der Waals surface area contributed by atoms with Crippen molar-refractivity contribution in [3.63, 3.8) is 0 Å². The minimum Gasteiger partial charge on any atom is -0.351 e. The summed E-state index contributed by atoms with van der Waals surface area (Å²) in [6, 6.07) is 14.2. The van der Waals surface area contributed by atoms with Gasteiger partial charge in [-0.2, -0.15) is 13.2 Å². The number of likely N-dealkylation sites (tertiary alicyclic amines) is 1. The molecule has 0 bridgehead atoms. The van der Waals surface area contributed by atoms with Crippen LogP contribution in [0.25, 0.3) is 6.08 Å². The zero-order valence-electron chi connectivity index (χ0n) is 24.0. The normalized spacial score (nSPS) is 23.6. The molecule has 2 amide bonds. The molecule has 226 valence electrons. The third-order valence-corrected chi connectivity index (χ3v) is 8.97. The molecule has 2 saturated heterocycles. The summed E-state index contributed by atoms with van der Waals surface area (Å²) in [6.07, 6.45) is 0.712. The average Bonchev–Trinajstić information content (AvgIpc) is 3.75. The predicted molar refractivity (Wildman–Crippen MR) is 155 cm³/mol. The number of aromatic nitrogens is 3. The summed E-state index contributed by atoms with van der Waals surface area (Å²) in [5, 5.41) is 14.7. The summed E-state index contributed by atoms with van der Waals surface area (Å²) in [5.74, 6) is -0.169. The van der Waals surface area contributed by atoms with E-state index in [4.69, 9.17) is 0 Å². The molecular formula is C32H35F3N6O2. The van der Waals surface area contributed by atoms with E-state index in [1.54, 1.807) is 9.58 Å². The maximum atomic E-state index is 13.9. The number of amides is 2. The van der Waals surface area contributed by atoms with Crippen LogP contribution in [0.3, 0.4) is 0 Å². The highest BCUT2D eigenvalue weighted by Crippen LogP contribution is 2.33. The first kappa shape index (κ1) is 29.1. The topological polar surface area (TPSA) is 92.2 Å². The highest BCUT2D eigenvalue weighted by Gasteiger charge is 2.43. The fourth-order valence-electron chi connectivity index (χ4n) is 6.63. The summed E-state index contributed by atoms with van der Waals surface area (Å²) < 4.78 is 41.0. The fourth-order valence-corrected chi connectivity index (χ4v) is 6.63. The van der Waals surface area contributed by atoms with E-state index < -0.39 is 23.8 Å². The van der Waals surface area contributed by atoms with Gasteiger partial charge in [0.1, 0.15) is 11.7 Å². The van der Waals surface area contributed by atoms with Crippen molar-refractivity contribution in [1.82, 2.24) is 30.5 Å². The van der Waals surface area contributed by atoms with Crippen LogP contribution in [0, 0.1) is 5.92 Å². The van der Waals surface area contributed by atoms with E-state index in [1.807, 2.05) is 31.3 Å². The van der Waals surface area contributed by atoms with Crippen LogP contribution < -0.4 is 10.6 Å². The van der Waals surface area contributed by atoms with Gasteiger partial charge in [-0.25, -0.2) is 0 Å². The Morgan fingerprint density at radius 2 is 1.81 bits per heavy atom. The van der Waals surface area contributed by atoms with Gasteiger partial charge in [-0.15, -0.1) is 5.10 Å². The molecule has 6 rings (SSSR count). The van der Waals surface area contributed by atoms with Crippen molar-refractivity contribution >= 4 is 17.9 Å². The molecule has 11 heteroatoms. The Morgan fingerprint density at radius 3 is 2.56 bits per heavy atom. The van der Waals surface area contributed by atoms with Crippen molar-refractivity contribution in [3.8, 4) is 0 Å². The van der Waals surface area contributed by atoms with Gasteiger partial charge in [-0.3, -0.25) is 14.3 Å². The van der Waals surface area contributed by atoms with Crippen molar-refractivity contribution in [2.75, 3.05) is 19.6 Å². The number of carbonyl (C=O) groups excluding carboxylic acids is 2. The number of nitrogens with zero attached hydrogens (tertiary/aromatic N) is 4. The van der Waals surface area contributed by atoms with Gasteiger partial charge in [-0.05, 0) is 78.8 Å². The van der Waals surface area contributed by atoms with E-state index in [0.29, 0.717) is 38.9 Å². The van der Waals surface area contributed by atoms with Gasteiger partial charge in [0.05, 0.1) is 17.3 Å². The number of halogens is 3. The second-order valence-corrected chi connectivity index (χ2v) is 11.9. The average molecular weight is 593 g/mol. The van der Waals surface area contributed by atoms with Crippen molar-refractivity contribution in [1.29, 1.82) is 0 Å². The van der Waals surface area contributed by atoms with Crippen LogP contribution >= 0.6 is 0 Å². The minimum absolute atomic E-state index is 0.0567. The van der Waals surface area contributed by atoms with Crippen LogP contribution in [0.2, 0.25) is 0 Å². The van der Waals surface area contributed by atoms with E-state index in [0.717, 1.165) is 47.5 Å². The second-order valence-electron chi connectivity index (χ2n) is 11.9. The summed E-state index contributed by atoms with van der Waals surface area (Å²) in [5.41, 5.74) is 4.15. The van der Waals surface area contributed by atoms with Crippen LogP contribution in [-0.2, 0) is 35.7 Å². The number of hydrogen-bond acceptors (Lipinski definition) is 5. The van der Waals surface area contributed by atoms with E-state index in [1.165, 1.54) is 17.7 Å². The Bertz CT molecular complexity index is 1500. The van der Waals surface area contributed by atoms with Gasteiger partial charge in [0.2, 0.25) is 11.8 Å². The quantitative estimate of drug-likeness (QED) is 0.435. The zero-order valence-corrected chi connectivity index (χ0v) is 24.0. The Morgan fingerprint density at radius 1 is 1.05 bits per heavy atom. The first-order valence-electron chi connectivity index (χ1n) is 14.8. The number of nitrogens with one attached hydrogen (secondary N) is 2. The van der Waals surface area contributed by atoms with Crippen molar-refractivity contribution in [2.45, 2.75) is 56.3 Å². The van der Waals surface area contributed by atoms with Crippen LogP contribution in [0.15, 0.2) is 60.2 Å². The monoisotopic (exact) mass is 592 g/mol. The lowest BCUT2D eigenvalue weighted by Gasteiger charge is -2.27. The molecule has 1 aliphatic carbocycles. The zero-order chi connectivity index (χ0) is 30.1. The van der Waals surface area contributed by atoms with Crippen molar-refractivity contribution < 1.29 is 22.8 Å². The number of aryl methyl sites for hydroxylation is 1. The number of benzene rings is 2. The summed E-state index contributed by atoms with van der Waals surface area (Å²) >= 11 is 0. The van der Waals surface area contributed by atoms with E-state index in [9.17, 15) is 22.8 Å². The minimum atomic E-state index is -4.40. The van der Waals surface area contributed by atoms with Gasteiger partial charge in [0.25, 0.3) is 0 Å². The maximum Gasteiger partial charge on any atom is 0.416 e. The highest BCUT2D eigenvalue weighted by molar-refractivity contribution is 5.91. The number of hydrogen-bond donors (Lipinski definition) is 2. The van der Waals surface area contributed by atoms with Crippen LogP contribution in [0.1, 0.15) is 53.3 Å². The van der Waals surface area contributed by atoms with Crippen LogP contribution in [-0.4, -0.2) is 63.4 Å². The molecule has 2 fully saturated rings. The van der Waals surface area contributed by atoms with Crippen molar-refractivity contribution in [3.05, 3.63) is 88.2 Å². The Hall–Kier alpha value is -3.99. The van der Waals surface area contributed by atoms with E-state index in [-0.39, 0.29) is 23.7 Å². The standard InChI is InChI=1S/C32H35F3N6O2/c1-40-28-12-9-21(14-26(28)38-39-40)17-37-30(42)29-15-22(13-20-7-10-25(11-8-20)32(33,34)35)19-41(29)31(43)27-16-24(18-36-27)23-5-3-2-4-6-23/h2-8,10-11,14,22,24,27,29,36H,9,12-13,15-19H2,1H3,(H,37,42). The van der Waals surface area contributed by atoms with E-state index in [2.05, 4.69) is 33.1 Å². The first-order chi connectivity index (χ1) is 20.7. The maximum absolute atomic E-state index is 13.9. The number of alkyl halides is 3. The third-order valence-electron chi connectivity index (χ3n) is 8.97. The smallest absolute Gasteiger partial charge is 0.351 e. The Kier molecular flexibility index (Phi) is 8.09. The number of fused-ring (bicyclic) bond motifs is 1. The molecule has 4 atom stereocenters. The molecule has 0 radical (unpaired) electrons. The molecule has 2 N–H and O–H groups in total. The van der Waals surface area contributed by atoms with Gasteiger partial charge >= 0.3 is 6.18 Å². The lowest BCUT2D eigenvalue weighted by atomic mass is 9.95.